The van der Waals surface area contributed by atoms with Gasteiger partial charge in [0.05, 0.1) is 6.61 Å². The number of ketones is 1. The van der Waals surface area contributed by atoms with E-state index in [1.54, 1.807) is 0 Å². The number of ether oxygens (including phenoxy) is 1. The Hall–Kier alpha value is -0.900. The molecule has 4 heteroatoms. The molecule has 0 spiro atoms. The smallest absolute Gasteiger partial charge is 0.208 e. The molecule has 1 heterocycles. The predicted molar refractivity (Wildman–Crippen MR) is 25.0 cm³/mol. The van der Waals surface area contributed by atoms with E-state index >= 15 is 0 Å². The van der Waals surface area contributed by atoms with Crippen molar-refractivity contribution < 1.29 is 14.7 Å². The first-order valence-corrected chi connectivity index (χ1v) is 2.16. The molecule has 1 fully saturated rings. The van der Waals surface area contributed by atoms with Crippen LogP contribution in [0.5, 0.6) is 0 Å². The topological polar surface area (TPSA) is 58.9 Å². The van der Waals surface area contributed by atoms with Crippen LogP contribution in [0.15, 0.2) is 5.16 Å². The number of carbonyl (C=O) groups is 1. The lowest BCUT2D eigenvalue weighted by Gasteiger charge is -1.79. The van der Waals surface area contributed by atoms with Gasteiger partial charge in [-0.15, -0.1) is 0 Å². The first kappa shape index (κ1) is 5.24. The Morgan fingerprint density at radius 1 is 1.62 bits per heavy atom. The van der Waals surface area contributed by atoms with Crippen molar-refractivity contribution in [3.63, 3.8) is 0 Å². The number of oxime groups is 1. The Kier molecular flexibility index (Phi) is 1.26. The van der Waals surface area contributed by atoms with Crippen molar-refractivity contribution in [2.45, 2.75) is 0 Å². The summed E-state index contributed by atoms with van der Waals surface area (Å²) in [5.74, 6) is -0.229. The van der Waals surface area contributed by atoms with Crippen LogP contribution in [0.1, 0.15) is 0 Å². The van der Waals surface area contributed by atoms with E-state index in [-0.39, 0.29) is 24.7 Å². The summed E-state index contributed by atoms with van der Waals surface area (Å²) in [6, 6.07) is 0. The van der Waals surface area contributed by atoms with Crippen molar-refractivity contribution in [2.75, 3.05) is 13.2 Å². The third-order valence-electron chi connectivity index (χ3n) is 0.915. The highest BCUT2D eigenvalue weighted by atomic mass is 16.5. The molecule has 1 saturated heterocycles. The molecule has 0 aromatic carbocycles. The zero-order valence-electron chi connectivity index (χ0n) is 4.13. The minimum atomic E-state index is -0.229. The fourth-order valence-corrected chi connectivity index (χ4v) is 0.489. The lowest BCUT2D eigenvalue weighted by atomic mass is 10.3. The fraction of sp³-hybridized carbons (Fsp3) is 0.500. The monoisotopic (exact) mass is 115 g/mol. The second kappa shape index (κ2) is 1.92. The summed E-state index contributed by atoms with van der Waals surface area (Å²) in [4.78, 5) is 10.4. The maximum atomic E-state index is 10.4. The van der Waals surface area contributed by atoms with Crippen LogP contribution in [-0.4, -0.2) is 29.9 Å². The Balaban J connectivity index is 2.69. The highest BCUT2D eigenvalue weighted by Crippen LogP contribution is 1.93. The maximum Gasteiger partial charge on any atom is 0.208 e. The van der Waals surface area contributed by atoms with Crippen molar-refractivity contribution in [1.29, 1.82) is 0 Å². The summed E-state index contributed by atoms with van der Waals surface area (Å²) in [7, 11) is 0. The van der Waals surface area contributed by atoms with Gasteiger partial charge < -0.3 is 9.94 Å². The molecule has 1 aliphatic rings. The van der Waals surface area contributed by atoms with Gasteiger partial charge in [-0.05, 0) is 0 Å². The van der Waals surface area contributed by atoms with Gasteiger partial charge in [0, 0.05) is 0 Å². The Bertz CT molecular complexity index is 140. The van der Waals surface area contributed by atoms with Gasteiger partial charge in [-0.25, -0.2) is 0 Å². The summed E-state index contributed by atoms with van der Waals surface area (Å²) in [6.07, 6.45) is 0. The van der Waals surface area contributed by atoms with Crippen LogP contribution in [0.25, 0.3) is 0 Å². The first-order chi connectivity index (χ1) is 3.84. The van der Waals surface area contributed by atoms with Gasteiger partial charge in [0.15, 0.2) is 5.71 Å². The van der Waals surface area contributed by atoms with Gasteiger partial charge in [-0.2, -0.15) is 0 Å². The van der Waals surface area contributed by atoms with Gasteiger partial charge in [0.25, 0.3) is 0 Å². The molecule has 0 aromatic rings. The zero-order valence-corrected chi connectivity index (χ0v) is 4.13. The van der Waals surface area contributed by atoms with Crippen LogP contribution < -0.4 is 0 Å². The molecule has 0 atom stereocenters. The number of nitrogens with zero attached hydrogens (tertiary/aromatic N) is 1. The van der Waals surface area contributed by atoms with Crippen LogP contribution in [0, 0.1) is 0 Å². The van der Waals surface area contributed by atoms with E-state index in [1.807, 2.05) is 0 Å². The number of hydrogen-bond acceptors (Lipinski definition) is 4. The molecule has 0 radical (unpaired) electrons. The van der Waals surface area contributed by atoms with Crippen molar-refractivity contribution in [1.82, 2.24) is 0 Å². The quantitative estimate of drug-likeness (QED) is 0.339. The minimum absolute atomic E-state index is 0.0550. The summed E-state index contributed by atoms with van der Waals surface area (Å²) < 4.78 is 4.62. The van der Waals surface area contributed by atoms with E-state index < -0.39 is 0 Å². The van der Waals surface area contributed by atoms with E-state index in [1.165, 1.54) is 0 Å². The van der Waals surface area contributed by atoms with E-state index in [4.69, 9.17) is 5.21 Å². The van der Waals surface area contributed by atoms with E-state index in [0.717, 1.165) is 0 Å². The Morgan fingerprint density at radius 2 is 2.38 bits per heavy atom. The van der Waals surface area contributed by atoms with Gasteiger partial charge >= 0.3 is 0 Å². The summed E-state index contributed by atoms with van der Waals surface area (Å²) in [6.45, 7) is 0.203. The Morgan fingerprint density at radius 3 is 2.62 bits per heavy atom. The number of hydrogen-bond donors (Lipinski definition) is 1. The highest BCUT2D eigenvalue weighted by molar-refractivity contribution is 6.42. The van der Waals surface area contributed by atoms with Crippen molar-refractivity contribution in [2.24, 2.45) is 5.16 Å². The van der Waals surface area contributed by atoms with Crippen LogP contribution in [-0.2, 0) is 9.53 Å². The van der Waals surface area contributed by atoms with Crippen molar-refractivity contribution in [3.05, 3.63) is 0 Å². The van der Waals surface area contributed by atoms with Gasteiger partial charge in [0.1, 0.15) is 6.61 Å². The molecule has 1 rings (SSSR count). The second-order valence-corrected chi connectivity index (χ2v) is 1.46. The van der Waals surface area contributed by atoms with Gasteiger partial charge in [-0.3, -0.25) is 4.79 Å². The normalized spacial score (nSPS) is 25.0. The summed E-state index contributed by atoms with van der Waals surface area (Å²) >= 11 is 0. The highest BCUT2D eigenvalue weighted by Gasteiger charge is 2.19. The summed E-state index contributed by atoms with van der Waals surface area (Å²) in [5, 5.41) is 10.7. The van der Waals surface area contributed by atoms with Crippen LogP contribution >= 0.6 is 0 Å². The standard InChI is InChI=1S/C4H5NO3/c6-4-2-8-1-3(4)5-7/h7H,1-2H2. The van der Waals surface area contributed by atoms with Crippen molar-refractivity contribution in [3.8, 4) is 0 Å². The molecule has 1 aliphatic heterocycles. The maximum absolute atomic E-state index is 10.4. The number of Topliss-reactive ketones (excluding diaryl/α,β-unsaturated/α-hetero) is 1. The molecular formula is C4H5NO3. The molecule has 44 valence electrons. The van der Waals surface area contributed by atoms with Crippen molar-refractivity contribution >= 4 is 11.5 Å². The lowest BCUT2D eigenvalue weighted by molar-refractivity contribution is -0.114. The van der Waals surface area contributed by atoms with Crippen LogP contribution in [0.3, 0.4) is 0 Å². The van der Waals surface area contributed by atoms with E-state index in [2.05, 4.69) is 9.89 Å². The van der Waals surface area contributed by atoms with Gasteiger partial charge in [-0.1, -0.05) is 5.16 Å². The molecule has 0 amide bonds. The largest absolute Gasteiger partial charge is 0.410 e. The first-order valence-electron chi connectivity index (χ1n) is 2.16. The average Bonchev–Trinajstić information content (AvgIpc) is 2.14. The third-order valence-corrected chi connectivity index (χ3v) is 0.915. The number of rotatable bonds is 0. The molecule has 4 nitrogen and oxygen atoms in total. The minimum Gasteiger partial charge on any atom is -0.410 e. The third kappa shape index (κ3) is 0.696. The Labute approximate surface area is 45.7 Å². The van der Waals surface area contributed by atoms with E-state index in [9.17, 15) is 4.79 Å². The molecule has 0 bridgehead atoms. The average molecular weight is 115 g/mol. The van der Waals surface area contributed by atoms with Crippen LogP contribution in [0.4, 0.5) is 0 Å². The summed E-state index contributed by atoms with van der Waals surface area (Å²) in [5.41, 5.74) is 0.116. The molecular weight excluding hydrogens is 110 g/mol. The molecule has 0 saturated carbocycles. The van der Waals surface area contributed by atoms with Gasteiger partial charge in [0.2, 0.25) is 5.78 Å². The van der Waals surface area contributed by atoms with Crippen LogP contribution in [0.2, 0.25) is 0 Å². The fourth-order valence-electron chi connectivity index (χ4n) is 0.489. The SMILES string of the molecule is O=C1COCC1=NO. The lowest BCUT2D eigenvalue weighted by Crippen LogP contribution is -2.08. The zero-order chi connectivity index (χ0) is 5.98. The molecule has 0 unspecified atom stereocenters. The molecule has 0 aliphatic carbocycles. The number of carbonyl (C=O) groups excluding carboxylic acids is 1. The second-order valence-electron chi connectivity index (χ2n) is 1.46. The van der Waals surface area contributed by atoms with E-state index in [0.29, 0.717) is 0 Å². The predicted octanol–water partition coefficient (Wildman–Crippen LogP) is -0.584. The molecule has 0 aromatic heterocycles. The molecule has 8 heavy (non-hydrogen) atoms. The molecule has 1 N–H and O–H groups in total.